The first kappa shape index (κ1) is 31.9. The molecule has 2 heterocycles. The number of carbonyl (C=O) groups is 1. The summed E-state index contributed by atoms with van der Waals surface area (Å²) in [6, 6.07) is 63.0. The van der Waals surface area contributed by atoms with E-state index in [1.807, 2.05) is 42.5 Å². The SMILES string of the molecule is O=C(O)C1CC2(c3ccccc3)OC1(c1ccccc1)c1c(-c3ccccc3)c(Cc3ccccc3)c(Cc3ccccc3)c(-c3ccccc3)c12. The van der Waals surface area contributed by atoms with Crippen LogP contribution < -0.4 is 0 Å². The normalized spacial score (nSPS) is 20.0. The monoisotopic (exact) mass is 674 g/mol. The Labute approximate surface area is 304 Å². The number of carboxylic acids is 1. The Morgan fingerprint density at radius 3 is 1.35 bits per heavy atom. The van der Waals surface area contributed by atoms with Crippen LogP contribution in [0.1, 0.15) is 50.9 Å². The van der Waals surface area contributed by atoms with Crippen LogP contribution in [0.2, 0.25) is 0 Å². The van der Waals surface area contributed by atoms with Crippen molar-refractivity contribution in [1.82, 2.24) is 0 Å². The summed E-state index contributed by atoms with van der Waals surface area (Å²) in [5.74, 6) is -1.69. The third-order valence-electron chi connectivity index (χ3n) is 11.1. The second-order valence-corrected chi connectivity index (χ2v) is 14.0. The van der Waals surface area contributed by atoms with Crippen molar-refractivity contribution < 1.29 is 14.6 Å². The molecule has 0 aliphatic carbocycles. The molecular formula is C49H38O3. The van der Waals surface area contributed by atoms with Crippen molar-refractivity contribution >= 4 is 5.97 Å². The van der Waals surface area contributed by atoms with E-state index in [4.69, 9.17) is 4.74 Å². The Kier molecular flexibility index (Phi) is 7.94. The molecule has 0 spiro atoms. The molecule has 52 heavy (non-hydrogen) atoms. The number of aliphatic carboxylic acids is 1. The molecule has 1 fully saturated rings. The van der Waals surface area contributed by atoms with E-state index in [9.17, 15) is 9.90 Å². The number of carboxylic acid groups (broad SMARTS) is 1. The Morgan fingerprint density at radius 1 is 0.519 bits per heavy atom. The summed E-state index contributed by atoms with van der Waals surface area (Å²) in [4.78, 5) is 13.8. The minimum atomic E-state index is -1.26. The number of rotatable bonds is 9. The molecule has 0 aromatic heterocycles. The van der Waals surface area contributed by atoms with Crippen molar-refractivity contribution in [2.45, 2.75) is 30.5 Å². The number of hydrogen-bond acceptors (Lipinski definition) is 2. The molecule has 2 aliphatic heterocycles. The van der Waals surface area contributed by atoms with Gasteiger partial charge >= 0.3 is 5.97 Å². The van der Waals surface area contributed by atoms with Gasteiger partial charge in [0.05, 0.1) is 5.92 Å². The van der Waals surface area contributed by atoms with Gasteiger partial charge in [-0.05, 0) is 68.5 Å². The Balaban J connectivity index is 1.53. The molecule has 3 nitrogen and oxygen atoms in total. The zero-order valence-electron chi connectivity index (χ0n) is 28.8. The van der Waals surface area contributed by atoms with E-state index >= 15 is 0 Å². The van der Waals surface area contributed by atoms with E-state index in [1.165, 1.54) is 22.3 Å². The predicted molar refractivity (Wildman–Crippen MR) is 207 cm³/mol. The first-order valence-electron chi connectivity index (χ1n) is 18.1. The summed E-state index contributed by atoms with van der Waals surface area (Å²) >= 11 is 0. The van der Waals surface area contributed by atoms with Crippen LogP contribution in [0.3, 0.4) is 0 Å². The van der Waals surface area contributed by atoms with Gasteiger partial charge in [0.15, 0.2) is 0 Å². The minimum Gasteiger partial charge on any atom is -0.481 e. The molecule has 2 aliphatic rings. The van der Waals surface area contributed by atoms with Crippen LogP contribution in [0.25, 0.3) is 22.3 Å². The Hall–Kier alpha value is -6.03. The van der Waals surface area contributed by atoms with Crippen LogP contribution >= 0.6 is 0 Å². The van der Waals surface area contributed by atoms with Crippen molar-refractivity contribution in [2.75, 3.05) is 0 Å². The average molecular weight is 675 g/mol. The molecule has 3 heteroatoms. The molecule has 0 amide bonds. The molecule has 0 radical (unpaired) electrons. The van der Waals surface area contributed by atoms with E-state index in [2.05, 4.69) is 140 Å². The third-order valence-corrected chi connectivity index (χ3v) is 11.1. The maximum atomic E-state index is 13.8. The maximum Gasteiger partial charge on any atom is 0.310 e. The number of fused-ring (bicyclic) bond motifs is 5. The molecule has 3 atom stereocenters. The van der Waals surface area contributed by atoms with Gasteiger partial charge in [0, 0.05) is 17.5 Å². The molecule has 1 N–H and O–H groups in total. The lowest BCUT2D eigenvalue weighted by Crippen LogP contribution is -2.39. The van der Waals surface area contributed by atoms with Crippen LogP contribution in [0.5, 0.6) is 0 Å². The highest BCUT2D eigenvalue weighted by atomic mass is 16.5. The first-order valence-corrected chi connectivity index (χ1v) is 18.1. The highest BCUT2D eigenvalue weighted by Crippen LogP contribution is 2.70. The molecule has 7 aromatic rings. The predicted octanol–water partition coefficient (Wildman–Crippen LogP) is 10.8. The summed E-state index contributed by atoms with van der Waals surface area (Å²) in [5, 5.41) is 11.3. The largest absolute Gasteiger partial charge is 0.481 e. The van der Waals surface area contributed by atoms with Gasteiger partial charge in [0.25, 0.3) is 0 Å². The van der Waals surface area contributed by atoms with Gasteiger partial charge < -0.3 is 9.84 Å². The number of ether oxygens (including phenoxy) is 1. The van der Waals surface area contributed by atoms with E-state index in [0.717, 1.165) is 44.5 Å². The molecule has 9 rings (SSSR count). The van der Waals surface area contributed by atoms with Gasteiger partial charge in [-0.3, -0.25) is 4.79 Å². The fraction of sp³-hybridized carbons (Fsp3) is 0.122. The summed E-state index contributed by atoms with van der Waals surface area (Å²) in [7, 11) is 0. The summed E-state index contributed by atoms with van der Waals surface area (Å²) < 4.78 is 7.72. The van der Waals surface area contributed by atoms with Gasteiger partial charge in [-0.15, -0.1) is 0 Å². The summed E-state index contributed by atoms with van der Waals surface area (Å²) in [5.41, 5.74) is 10.8. The molecular weight excluding hydrogens is 637 g/mol. The van der Waals surface area contributed by atoms with Gasteiger partial charge in [0.2, 0.25) is 0 Å². The number of benzene rings is 7. The Bertz CT molecular complexity index is 2360. The van der Waals surface area contributed by atoms with Crippen molar-refractivity contribution in [2.24, 2.45) is 5.92 Å². The second-order valence-electron chi connectivity index (χ2n) is 14.0. The van der Waals surface area contributed by atoms with Crippen LogP contribution in [-0.4, -0.2) is 11.1 Å². The lowest BCUT2D eigenvalue weighted by molar-refractivity contribution is -0.147. The fourth-order valence-corrected chi connectivity index (χ4v) is 9.04. The van der Waals surface area contributed by atoms with E-state index in [0.29, 0.717) is 19.3 Å². The van der Waals surface area contributed by atoms with Gasteiger partial charge in [0.1, 0.15) is 11.2 Å². The summed E-state index contributed by atoms with van der Waals surface area (Å²) in [6.07, 6.45) is 1.68. The van der Waals surface area contributed by atoms with Crippen molar-refractivity contribution in [1.29, 1.82) is 0 Å². The van der Waals surface area contributed by atoms with Gasteiger partial charge in [-0.1, -0.05) is 182 Å². The first-order chi connectivity index (χ1) is 25.6. The highest BCUT2D eigenvalue weighted by molar-refractivity contribution is 5.91. The zero-order chi connectivity index (χ0) is 35.1. The third kappa shape index (κ3) is 5.04. The van der Waals surface area contributed by atoms with Crippen LogP contribution in [0.15, 0.2) is 182 Å². The molecule has 0 saturated carbocycles. The second kappa shape index (κ2) is 12.9. The van der Waals surface area contributed by atoms with E-state index < -0.39 is 23.1 Å². The quantitative estimate of drug-likeness (QED) is 0.166. The van der Waals surface area contributed by atoms with Gasteiger partial charge in [-0.2, -0.15) is 0 Å². The van der Waals surface area contributed by atoms with Crippen molar-refractivity contribution in [3.8, 4) is 22.3 Å². The topological polar surface area (TPSA) is 46.5 Å². The summed E-state index contributed by atoms with van der Waals surface area (Å²) in [6.45, 7) is 0. The zero-order valence-corrected chi connectivity index (χ0v) is 28.8. The van der Waals surface area contributed by atoms with E-state index in [-0.39, 0.29) is 0 Å². The fourth-order valence-electron chi connectivity index (χ4n) is 9.04. The van der Waals surface area contributed by atoms with Gasteiger partial charge in [-0.25, -0.2) is 0 Å². The number of hydrogen-bond donors (Lipinski definition) is 1. The molecule has 7 aromatic carbocycles. The lowest BCUT2D eigenvalue weighted by Gasteiger charge is -2.38. The van der Waals surface area contributed by atoms with Crippen molar-refractivity contribution in [3.63, 3.8) is 0 Å². The standard InChI is InChI=1S/C49H38O3/c50-47(51)42-33-48(38-27-15-5-16-28-38)45-43(36-23-11-3-12-24-36)40(31-34-19-7-1-8-20-34)41(32-35-21-9-2-10-22-35)44(37-25-13-4-14-26-37)46(45)49(42,52-48)39-29-17-6-18-30-39/h1-30,42H,31-33H2,(H,50,51). The lowest BCUT2D eigenvalue weighted by atomic mass is 9.61. The molecule has 2 bridgehead atoms. The molecule has 1 saturated heterocycles. The minimum absolute atomic E-state index is 0.311. The smallest absolute Gasteiger partial charge is 0.310 e. The molecule has 252 valence electrons. The van der Waals surface area contributed by atoms with Crippen LogP contribution in [0.4, 0.5) is 0 Å². The average Bonchev–Trinajstić information content (AvgIpc) is 3.73. The van der Waals surface area contributed by atoms with Crippen molar-refractivity contribution in [3.05, 3.63) is 226 Å². The molecule has 3 unspecified atom stereocenters. The maximum absolute atomic E-state index is 13.8. The van der Waals surface area contributed by atoms with E-state index in [1.54, 1.807) is 0 Å². The van der Waals surface area contributed by atoms with Crippen LogP contribution in [-0.2, 0) is 33.6 Å². The van der Waals surface area contributed by atoms with Crippen LogP contribution in [0, 0.1) is 5.92 Å². The Morgan fingerprint density at radius 2 is 0.904 bits per heavy atom. The highest BCUT2D eigenvalue weighted by Gasteiger charge is 2.70.